The van der Waals surface area contributed by atoms with Crippen molar-refractivity contribution in [3.8, 4) is 11.5 Å². The van der Waals surface area contributed by atoms with E-state index in [9.17, 15) is 9.59 Å². The van der Waals surface area contributed by atoms with Crippen LogP contribution in [0.3, 0.4) is 0 Å². The van der Waals surface area contributed by atoms with E-state index in [1.54, 1.807) is 0 Å². The summed E-state index contributed by atoms with van der Waals surface area (Å²) in [6, 6.07) is 15.0. The molecule has 6 nitrogen and oxygen atoms in total. The van der Waals surface area contributed by atoms with Gasteiger partial charge in [0.2, 0.25) is 11.8 Å². The lowest BCUT2D eigenvalue weighted by molar-refractivity contribution is -0.124. The predicted octanol–water partition coefficient (Wildman–Crippen LogP) is 2.45. The van der Waals surface area contributed by atoms with Crippen LogP contribution in [0.25, 0.3) is 0 Å². The fourth-order valence-corrected chi connectivity index (χ4v) is 3.97. The van der Waals surface area contributed by atoms with E-state index in [2.05, 4.69) is 10.6 Å². The summed E-state index contributed by atoms with van der Waals surface area (Å²) in [5.74, 6) is 1.07. The fourth-order valence-electron chi connectivity index (χ4n) is 2.86. The highest BCUT2D eigenvalue weighted by Gasteiger charge is 2.29. The van der Waals surface area contributed by atoms with E-state index >= 15 is 0 Å². The molecule has 0 fully saturated rings. The van der Waals surface area contributed by atoms with E-state index < -0.39 is 5.25 Å². The van der Waals surface area contributed by atoms with Gasteiger partial charge in [0.15, 0.2) is 11.5 Å². The number of benzene rings is 2. The van der Waals surface area contributed by atoms with Crippen LogP contribution in [-0.4, -0.2) is 36.3 Å². The first kappa shape index (κ1) is 16.8. The van der Waals surface area contributed by atoms with E-state index in [0.717, 1.165) is 10.6 Å². The number of hydrogen-bond donors (Lipinski definition) is 2. The second kappa shape index (κ2) is 7.29. The van der Waals surface area contributed by atoms with Gasteiger partial charge in [0, 0.05) is 11.3 Å². The molecule has 4 rings (SSSR count). The van der Waals surface area contributed by atoms with Gasteiger partial charge in [0.25, 0.3) is 0 Å². The topological polar surface area (TPSA) is 76.7 Å². The van der Waals surface area contributed by atoms with Crippen molar-refractivity contribution in [3.63, 3.8) is 0 Å². The first-order chi connectivity index (χ1) is 12.7. The number of fused-ring (bicyclic) bond motifs is 2. The summed E-state index contributed by atoms with van der Waals surface area (Å²) in [4.78, 5) is 25.4. The molecule has 2 heterocycles. The maximum absolute atomic E-state index is 12.3. The van der Waals surface area contributed by atoms with Gasteiger partial charge in [-0.2, -0.15) is 0 Å². The lowest BCUT2D eigenvalue weighted by Crippen LogP contribution is -2.42. The van der Waals surface area contributed by atoms with Gasteiger partial charge in [-0.15, -0.1) is 11.8 Å². The van der Waals surface area contributed by atoms with Crippen molar-refractivity contribution in [1.82, 2.24) is 5.32 Å². The summed E-state index contributed by atoms with van der Waals surface area (Å²) in [7, 11) is 0. The molecule has 134 valence electrons. The lowest BCUT2D eigenvalue weighted by Gasteiger charge is -2.27. The van der Waals surface area contributed by atoms with Crippen LogP contribution in [0.15, 0.2) is 53.4 Å². The van der Waals surface area contributed by atoms with Gasteiger partial charge < -0.3 is 20.1 Å². The SMILES string of the molecule is O=C(C[C@H]1Sc2ccccc2NC1=O)NC[C@H]1COc2ccccc2O1. The molecule has 0 bridgehead atoms. The van der Waals surface area contributed by atoms with Crippen LogP contribution in [-0.2, 0) is 9.59 Å². The zero-order chi connectivity index (χ0) is 17.9. The first-order valence-electron chi connectivity index (χ1n) is 8.41. The van der Waals surface area contributed by atoms with Crippen molar-refractivity contribution in [1.29, 1.82) is 0 Å². The van der Waals surface area contributed by atoms with E-state index in [4.69, 9.17) is 9.47 Å². The maximum Gasteiger partial charge on any atom is 0.238 e. The summed E-state index contributed by atoms with van der Waals surface area (Å²) in [6.45, 7) is 0.714. The Hall–Kier alpha value is -2.67. The highest BCUT2D eigenvalue weighted by Crippen LogP contribution is 2.36. The third kappa shape index (κ3) is 3.62. The average Bonchev–Trinajstić information content (AvgIpc) is 2.67. The van der Waals surface area contributed by atoms with E-state index in [1.807, 2.05) is 48.5 Å². The quantitative estimate of drug-likeness (QED) is 0.865. The number of carbonyl (C=O) groups excluding carboxylic acids is 2. The zero-order valence-electron chi connectivity index (χ0n) is 13.9. The van der Waals surface area contributed by atoms with Crippen LogP contribution in [0.5, 0.6) is 11.5 Å². The standard InChI is InChI=1S/C19H18N2O4S/c22-18(9-17-19(23)21-13-5-1-4-8-16(13)26-17)20-10-12-11-24-14-6-2-3-7-15(14)25-12/h1-8,12,17H,9-11H2,(H,20,22)(H,21,23)/t12-,17+/m0/s1. The highest BCUT2D eigenvalue weighted by molar-refractivity contribution is 8.01. The second-order valence-corrected chi connectivity index (χ2v) is 7.34. The Bertz CT molecular complexity index is 842. The van der Waals surface area contributed by atoms with Crippen molar-refractivity contribution in [2.24, 2.45) is 0 Å². The molecular weight excluding hydrogens is 352 g/mol. The molecular formula is C19H18N2O4S. The number of carbonyl (C=O) groups is 2. The van der Waals surface area contributed by atoms with Gasteiger partial charge >= 0.3 is 0 Å². The molecule has 0 saturated heterocycles. The van der Waals surface area contributed by atoms with Gasteiger partial charge in [0.05, 0.1) is 17.5 Å². The molecule has 26 heavy (non-hydrogen) atoms. The zero-order valence-corrected chi connectivity index (χ0v) is 14.8. The molecule has 0 unspecified atom stereocenters. The number of para-hydroxylation sites is 3. The van der Waals surface area contributed by atoms with Crippen molar-refractivity contribution in [3.05, 3.63) is 48.5 Å². The Morgan fingerprint density at radius 1 is 1.15 bits per heavy atom. The Kier molecular flexibility index (Phi) is 4.71. The molecule has 2 aliphatic rings. The number of anilines is 1. The van der Waals surface area contributed by atoms with E-state index in [0.29, 0.717) is 24.7 Å². The van der Waals surface area contributed by atoms with Crippen molar-refractivity contribution in [2.75, 3.05) is 18.5 Å². The fraction of sp³-hybridized carbons (Fsp3) is 0.263. The minimum Gasteiger partial charge on any atom is -0.486 e. The first-order valence-corrected chi connectivity index (χ1v) is 9.29. The molecule has 0 saturated carbocycles. The monoisotopic (exact) mass is 370 g/mol. The van der Waals surface area contributed by atoms with Gasteiger partial charge in [-0.05, 0) is 24.3 Å². The molecule has 2 N–H and O–H groups in total. The number of thioether (sulfide) groups is 1. The van der Waals surface area contributed by atoms with Gasteiger partial charge in [-0.25, -0.2) is 0 Å². The number of ether oxygens (including phenoxy) is 2. The summed E-state index contributed by atoms with van der Waals surface area (Å²) < 4.78 is 11.4. The third-order valence-electron chi connectivity index (χ3n) is 4.17. The van der Waals surface area contributed by atoms with Crippen LogP contribution in [0, 0.1) is 0 Å². The summed E-state index contributed by atoms with van der Waals surface area (Å²) in [6.07, 6.45) is -0.128. The number of hydrogen-bond acceptors (Lipinski definition) is 5. The smallest absolute Gasteiger partial charge is 0.238 e. The lowest BCUT2D eigenvalue weighted by atomic mass is 10.2. The highest BCUT2D eigenvalue weighted by atomic mass is 32.2. The Morgan fingerprint density at radius 3 is 2.81 bits per heavy atom. The molecule has 0 spiro atoms. The molecule has 2 amide bonds. The molecule has 2 atom stereocenters. The Labute approximate surface area is 155 Å². The van der Waals surface area contributed by atoms with Gasteiger partial charge in [-0.1, -0.05) is 24.3 Å². The van der Waals surface area contributed by atoms with Crippen LogP contribution < -0.4 is 20.1 Å². The minimum atomic E-state index is -0.436. The molecule has 0 aromatic heterocycles. The second-order valence-electron chi connectivity index (χ2n) is 6.10. The van der Waals surface area contributed by atoms with E-state index in [1.165, 1.54) is 11.8 Å². The van der Waals surface area contributed by atoms with Crippen LogP contribution in [0.4, 0.5) is 5.69 Å². The molecule has 0 radical (unpaired) electrons. The third-order valence-corrected chi connectivity index (χ3v) is 5.45. The Balaban J connectivity index is 1.29. The van der Waals surface area contributed by atoms with Crippen molar-refractivity contribution in [2.45, 2.75) is 22.7 Å². The Morgan fingerprint density at radius 2 is 1.92 bits per heavy atom. The van der Waals surface area contributed by atoms with Crippen LogP contribution >= 0.6 is 11.8 Å². The van der Waals surface area contributed by atoms with Crippen molar-refractivity contribution >= 4 is 29.3 Å². The number of rotatable bonds is 4. The summed E-state index contributed by atoms with van der Waals surface area (Å²) in [5.41, 5.74) is 0.797. The van der Waals surface area contributed by atoms with Crippen LogP contribution in [0.2, 0.25) is 0 Å². The van der Waals surface area contributed by atoms with Gasteiger partial charge in [0.1, 0.15) is 12.7 Å². The summed E-state index contributed by atoms with van der Waals surface area (Å²) in [5, 5.41) is 5.25. The van der Waals surface area contributed by atoms with Gasteiger partial charge in [-0.3, -0.25) is 9.59 Å². The van der Waals surface area contributed by atoms with Crippen LogP contribution in [0.1, 0.15) is 6.42 Å². The molecule has 0 aliphatic carbocycles. The largest absolute Gasteiger partial charge is 0.486 e. The number of amides is 2. The average molecular weight is 370 g/mol. The molecule has 2 aromatic carbocycles. The maximum atomic E-state index is 12.3. The van der Waals surface area contributed by atoms with Crippen molar-refractivity contribution < 1.29 is 19.1 Å². The predicted molar refractivity (Wildman–Crippen MR) is 98.7 cm³/mol. The molecule has 7 heteroatoms. The van der Waals surface area contributed by atoms with E-state index in [-0.39, 0.29) is 24.3 Å². The summed E-state index contributed by atoms with van der Waals surface area (Å²) >= 11 is 1.42. The minimum absolute atomic E-state index is 0.120. The number of nitrogens with one attached hydrogen (secondary N) is 2. The normalized spacial score (nSPS) is 20.7. The molecule has 2 aromatic rings. The molecule has 2 aliphatic heterocycles.